The first-order chi connectivity index (χ1) is 12.5. The van der Waals surface area contributed by atoms with E-state index in [-0.39, 0.29) is 12.3 Å². The van der Waals surface area contributed by atoms with Gasteiger partial charge in [-0.3, -0.25) is 10.1 Å². The number of nitrogens with zero attached hydrogens (tertiary/aromatic N) is 1. The zero-order valence-electron chi connectivity index (χ0n) is 14.0. The molecule has 0 fully saturated rings. The summed E-state index contributed by atoms with van der Waals surface area (Å²) in [5.41, 5.74) is 8.73. The Bertz CT molecular complexity index is 950. The molecule has 7 heteroatoms. The molecule has 3 rings (SSSR count). The van der Waals surface area contributed by atoms with Crippen molar-refractivity contribution >= 4 is 28.0 Å². The van der Waals surface area contributed by atoms with Crippen LogP contribution < -0.4 is 5.73 Å². The summed E-state index contributed by atoms with van der Waals surface area (Å²) in [5, 5.41) is 11.2. The van der Waals surface area contributed by atoms with Crippen LogP contribution in [0, 0.1) is 10.1 Å². The third-order valence-corrected chi connectivity index (χ3v) is 4.89. The second-order valence-electron chi connectivity index (χ2n) is 5.44. The zero-order valence-corrected chi connectivity index (χ0v) is 14.8. The van der Waals surface area contributed by atoms with Crippen LogP contribution in [0.15, 0.2) is 54.6 Å². The Morgan fingerprint density at radius 2 is 1.77 bits per heavy atom. The number of non-ortho nitro benzene ring substituents is 1. The molecule has 6 nitrogen and oxygen atoms in total. The Labute approximate surface area is 154 Å². The van der Waals surface area contributed by atoms with E-state index in [2.05, 4.69) is 0 Å². The van der Waals surface area contributed by atoms with E-state index in [0.717, 1.165) is 16.0 Å². The number of esters is 1. The van der Waals surface area contributed by atoms with Gasteiger partial charge in [-0.2, -0.15) is 0 Å². The Hall–Kier alpha value is -3.19. The lowest BCUT2D eigenvalue weighted by molar-refractivity contribution is -0.384. The molecule has 3 aromatic rings. The number of benzene rings is 2. The Balaban J connectivity index is 2.20. The summed E-state index contributed by atoms with van der Waals surface area (Å²) < 4.78 is 5.17. The van der Waals surface area contributed by atoms with Gasteiger partial charge in [0.25, 0.3) is 5.69 Å². The fourth-order valence-corrected chi connectivity index (χ4v) is 3.76. The van der Waals surface area contributed by atoms with Crippen LogP contribution in [0.4, 0.5) is 10.7 Å². The first kappa shape index (κ1) is 17.6. The van der Waals surface area contributed by atoms with Crippen molar-refractivity contribution in [1.82, 2.24) is 0 Å². The van der Waals surface area contributed by atoms with Gasteiger partial charge in [0.1, 0.15) is 10.6 Å². The van der Waals surface area contributed by atoms with Crippen LogP contribution >= 0.6 is 11.3 Å². The summed E-state index contributed by atoms with van der Waals surface area (Å²) in [7, 11) is 0. The van der Waals surface area contributed by atoms with E-state index >= 15 is 0 Å². The maximum atomic E-state index is 12.5. The molecule has 0 amide bonds. The molecular formula is C19H16N2O4S. The largest absolute Gasteiger partial charge is 0.462 e. The predicted molar refractivity (Wildman–Crippen MR) is 102 cm³/mol. The van der Waals surface area contributed by atoms with Crippen molar-refractivity contribution in [3.05, 3.63) is 70.3 Å². The number of ether oxygens (including phenoxy) is 1. The van der Waals surface area contributed by atoms with E-state index < -0.39 is 10.9 Å². The number of nitrogens with two attached hydrogens (primary N) is 1. The fourth-order valence-electron chi connectivity index (χ4n) is 2.67. The lowest BCUT2D eigenvalue weighted by Crippen LogP contribution is -2.07. The number of nitrogen functional groups attached to an aromatic ring is 1. The van der Waals surface area contributed by atoms with Crippen LogP contribution in [-0.2, 0) is 4.74 Å². The molecule has 0 aliphatic heterocycles. The summed E-state index contributed by atoms with van der Waals surface area (Å²) in [4.78, 5) is 23.7. The van der Waals surface area contributed by atoms with Crippen molar-refractivity contribution in [2.75, 3.05) is 12.3 Å². The number of carbonyl (C=O) groups is 1. The van der Waals surface area contributed by atoms with Gasteiger partial charge in [0.2, 0.25) is 0 Å². The molecule has 0 spiro atoms. The lowest BCUT2D eigenvalue weighted by atomic mass is 9.98. The molecule has 2 aromatic carbocycles. The fraction of sp³-hybridized carbons (Fsp3) is 0.105. The van der Waals surface area contributed by atoms with Crippen LogP contribution in [0.5, 0.6) is 0 Å². The van der Waals surface area contributed by atoms with Crippen molar-refractivity contribution < 1.29 is 14.5 Å². The lowest BCUT2D eigenvalue weighted by Gasteiger charge is -2.08. The minimum absolute atomic E-state index is 0.00477. The topological polar surface area (TPSA) is 95.5 Å². The van der Waals surface area contributed by atoms with Gasteiger partial charge in [-0.15, -0.1) is 11.3 Å². The second-order valence-corrected chi connectivity index (χ2v) is 6.49. The van der Waals surface area contributed by atoms with Crippen molar-refractivity contribution in [1.29, 1.82) is 0 Å². The molecule has 0 unspecified atom stereocenters. The molecule has 26 heavy (non-hydrogen) atoms. The normalized spacial score (nSPS) is 10.5. The first-order valence-corrected chi connectivity index (χ1v) is 8.74. The molecule has 1 heterocycles. The Morgan fingerprint density at radius 1 is 1.12 bits per heavy atom. The van der Waals surface area contributed by atoms with E-state index in [9.17, 15) is 14.9 Å². The van der Waals surface area contributed by atoms with Crippen molar-refractivity contribution in [2.24, 2.45) is 0 Å². The summed E-state index contributed by atoms with van der Waals surface area (Å²) in [6.45, 7) is 1.98. The zero-order chi connectivity index (χ0) is 18.7. The molecule has 0 aliphatic rings. The molecule has 0 saturated heterocycles. The van der Waals surface area contributed by atoms with E-state index in [1.165, 1.54) is 23.5 Å². The molecule has 132 valence electrons. The van der Waals surface area contributed by atoms with Crippen molar-refractivity contribution in [3.8, 4) is 21.6 Å². The molecule has 0 atom stereocenters. The standard InChI is InChI=1S/C19H16N2O4S/c1-2-25-19(22)16-15(12-6-4-3-5-7-12)17(26-18(16)20)13-8-10-14(11-9-13)21(23)24/h3-11H,2,20H2,1H3. The van der Waals surface area contributed by atoms with Crippen LogP contribution in [-0.4, -0.2) is 17.5 Å². The third-order valence-electron chi connectivity index (χ3n) is 3.82. The first-order valence-electron chi connectivity index (χ1n) is 7.92. The van der Waals surface area contributed by atoms with E-state index in [0.29, 0.717) is 16.1 Å². The van der Waals surface area contributed by atoms with Gasteiger partial charge in [-0.25, -0.2) is 4.79 Å². The van der Waals surface area contributed by atoms with Gasteiger partial charge < -0.3 is 10.5 Å². The highest BCUT2D eigenvalue weighted by molar-refractivity contribution is 7.20. The monoisotopic (exact) mass is 368 g/mol. The molecule has 1 aromatic heterocycles. The number of anilines is 1. The van der Waals surface area contributed by atoms with E-state index in [1.54, 1.807) is 19.1 Å². The predicted octanol–water partition coefficient (Wildman–Crippen LogP) is 4.75. The molecular weight excluding hydrogens is 352 g/mol. The highest BCUT2D eigenvalue weighted by Gasteiger charge is 2.25. The maximum absolute atomic E-state index is 12.5. The van der Waals surface area contributed by atoms with Crippen LogP contribution in [0.1, 0.15) is 17.3 Å². The average Bonchev–Trinajstić information content (AvgIpc) is 3.00. The summed E-state index contributed by atoms with van der Waals surface area (Å²) in [5.74, 6) is -0.478. The van der Waals surface area contributed by atoms with Crippen molar-refractivity contribution in [3.63, 3.8) is 0 Å². The summed E-state index contributed by atoms with van der Waals surface area (Å²) in [6.07, 6.45) is 0. The van der Waals surface area contributed by atoms with Gasteiger partial charge in [-0.1, -0.05) is 30.3 Å². The number of nitro groups is 1. The number of hydrogen-bond acceptors (Lipinski definition) is 6. The minimum atomic E-state index is -0.478. The average molecular weight is 368 g/mol. The number of thiophene rings is 1. The maximum Gasteiger partial charge on any atom is 0.341 e. The van der Waals surface area contributed by atoms with E-state index in [1.807, 2.05) is 30.3 Å². The quantitative estimate of drug-likeness (QED) is 0.398. The van der Waals surface area contributed by atoms with Gasteiger partial charge >= 0.3 is 5.97 Å². The third kappa shape index (κ3) is 3.29. The molecule has 0 bridgehead atoms. The van der Waals surface area contributed by atoms with Crippen LogP contribution in [0.3, 0.4) is 0 Å². The number of carbonyl (C=O) groups excluding carboxylic acids is 1. The van der Waals surface area contributed by atoms with Gasteiger partial charge in [0.15, 0.2) is 0 Å². The molecule has 0 aliphatic carbocycles. The van der Waals surface area contributed by atoms with Crippen molar-refractivity contribution in [2.45, 2.75) is 6.92 Å². The van der Waals surface area contributed by atoms with Crippen LogP contribution in [0.25, 0.3) is 21.6 Å². The number of hydrogen-bond donors (Lipinski definition) is 1. The molecule has 0 saturated carbocycles. The number of rotatable bonds is 5. The molecule has 0 radical (unpaired) electrons. The van der Waals surface area contributed by atoms with Gasteiger partial charge in [0, 0.05) is 22.6 Å². The van der Waals surface area contributed by atoms with E-state index in [4.69, 9.17) is 10.5 Å². The smallest absolute Gasteiger partial charge is 0.341 e. The highest BCUT2D eigenvalue weighted by atomic mass is 32.1. The highest BCUT2D eigenvalue weighted by Crippen LogP contribution is 2.45. The molecule has 2 N–H and O–H groups in total. The SMILES string of the molecule is CCOC(=O)c1c(N)sc(-c2ccc([N+](=O)[O-])cc2)c1-c1ccccc1. The second kappa shape index (κ2) is 7.37. The number of nitro benzene ring substituents is 1. The summed E-state index contributed by atoms with van der Waals surface area (Å²) >= 11 is 1.26. The van der Waals surface area contributed by atoms with Crippen LogP contribution in [0.2, 0.25) is 0 Å². The Kier molecular flexibility index (Phi) is 4.99. The Morgan fingerprint density at radius 3 is 2.35 bits per heavy atom. The summed E-state index contributed by atoms with van der Waals surface area (Å²) in [6, 6.07) is 15.6. The van der Waals surface area contributed by atoms with Gasteiger partial charge in [0.05, 0.1) is 11.5 Å². The minimum Gasteiger partial charge on any atom is -0.462 e. The van der Waals surface area contributed by atoms with Gasteiger partial charge in [-0.05, 0) is 30.2 Å².